The minimum atomic E-state index is 0.370. The van der Waals surface area contributed by atoms with E-state index in [4.69, 9.17) is 5.73 Å². The van der Waals surface area contributed by atoms with E-state index in [-0.39, 0.29) is 0 Å². The fraction of sp³-hybridized carbons (Fsp3) is 0.692. The highest BCUT2D eigenvalue weighted by molar-refractivity contribution is 5.58. The van der Waals surface area contributed by atoms with Gasteiger partial charge < -0.3 is 10.6 Å². The van der Waals surface area contributed by atoms with E-state index < -0.39 is 0 Å². The molecular formula is C13H22N4. The van der Waals surface area contributed by atoms with Crippen LogP contribution in [0, 0.1) is 0 Å². The predicted molar refractivity (Wildman–Crippen MR) is 71.2 cm³/mol. The summed E-state index contributed by atoms with van der Waals surface area (Å²) in [6.45, 7) is 6.49. The molecule has 94 valence electrons. The van der Waals surface area contributed by atoms with Crippen LogP contribution in [0.5, 0.6) is 0 Å². The van der Waals surface area contributed by atoms with Gasteiger partial charge in [-0.3, -0.25) is 0 Å². The Kier molecular flexibility index (Phi) is 3.82. The molecule has 1 aromatic rings. The third-order valence-corrected chi connectivity index (χ3v) is 3.38. The molecule has 1 aliphatic rings. The number of rotatable bonds is 2. The van der Waals surface area contributed by atoms with Gasteiger partial charge in [0.05, 0.1) is 0 Å². The SMILES string of the molecule is CC(C)c1c(N)ncnc1N1CCCCCC1. The second-order valence-corrected chi connectivity index (χ2v) is 5.05. The van der Waals surface area contributed by atoms with Crippen LogP contribution in [0.4, 0.5) is 11.6 Å². The minimum absolute atomic E-state index is 0.370. The number of anilines is 2. The van der Waals surface area contributed by atoms with Crippen LogP contribution in [-0.2, 0) is 0 Å². The molecule has 0 aliphatic carbocycles. The zero-order valence-electron chi connectivity index (χ0n) is 10.8. The van der Waals surface area contributed by atoms with Gasteiger partial charge >= 0.3 is 0 Å². The zero-order chi connectivity index (χ0) is 12.3. The molecule has 0 amide bonds. The highest BCUT2D eigenvalue weighted by Gasteiger charge is 2.19. The number of nitrogens with zero attached hydrogens (tertiary/aromatic N) is 3. The van der Waals surface area contributed by atoms with E-state index in [2.05, 4.69) is 28.7 Å². The van der Waals surface area contributed by atoms with E-state index in [1.54, 1.807) is 6.33 Å². The summed E-state index contributed by atoms with van der Waals surface area (Å²) in [7, 11) is 0. The van der Waals surface area contributed by atoms with Crippen molar-refractivity contribution in [3.63, 3.8) is 0 Å². The lowest BCUT2D eigenvalue weighted by molar-refractivity contribution is 0.726. The van der Waals surface area contributed by atoms with E-state index in [1.807, 2.05) is 0 Å². The van der Waals surface area contributed by atoms with Crippen molar-refractivity contribution in [3.8, 4) is 0 Å². The predicted octanol–water partition coefficient (Wildman–Crippen LogP) is 2.56. The molecule has 0 bridgehead atoms. The average molecular weight is 234 g/mol. The largest absolute Gasteiger partial charge is 0.383 e. The molecule has 1 aromatic heterocycles. The lowest BCUT2D eigenvalue weighted by Gasteiger charge is -2.25. The Morgan fingerprint density at radius 1 is 1.12 bits per heavy atom. The number of nitrogen functional groups attached to an aromatic ring is 1. The van der Waals surface area contributed by atoms with Crippen molar-refractivity contribution in [3.05, 3.63) is 11.9 Å². The Balaban J connectivity index is 2.32. The molecule has 1 aliphatic heterocycles. The van der Waals surface area contributed by atoms with Crippen LogP contribution in [0.15, 0.2) is 6.33 Å². The van der Waals surface area contributed by atoms with Crippen molar-refractivity contribution in [1.82, 2.24) is 9.97 Å². The average Bonchev–Trinajstić information content (AvgIpc) is 2.56. The summed E-state index contributed by atoms with van der Waals surface area (Å²) < 4.78 is 0. The molecule has 2 rings (SSSR count). The molecule has 0 saturated carbocycles. The van der Waals surface area contributed by atoms with Gasteiger partial charge in [0.25, 0.3) is 0 Å². The highest BCUT2D eigenvalue weighted by atomic mass is 15.2. The molecule has 2 heterocycles. The maximum atomic E-state index is 5.99. The second-order valence-electron chi connectivity index (χ2n) is 5.05. The summed E-state index contributed by atoms with van der Waals surface area (Å²) in [5, 5.41) is 0. The molecular weight excluding hydrogens is 212 g/mol. The van der Waals surface area contributed by atoms with Crippen LogP contribution >= 0.6 is 0 Å². The van der Waals surface area contributed by atoms with Crippen molar-refractivity contribution < 1.29 is 0 Å². The Morgan fingerprint density at radius 2 is 1.76 bits per heavy atom. The van der Waals surface area contributed by atoms with Crippen LogP contribution in [0.2, 0.25) is 0 Å². The van der Waals surface area contributed by atoms with E-state index in [0.29, 0.717) is 11.7 Å². The molecule has 2 N–H and O–H groups in total. The first-order valence-corrected chi connectivity index (χ1v) is 6.55. The summed E-state index contributed by atoms with van der Waals surface area (Å²) in [5.41, 5.74) is 7.10. The first-order valence-electron chi connectivity index (χ1n) is 6.55. The Labute approximate surface area is 103 Å². The van der Waals surface area contributed by atoms with Crippen molar-refractivity contribution in [2.45, 2.75) is 45.4 Å². The lowest BCUT2D eigenvalue weighted by Crippen LogP contribution is -2.27. The monoisotopic (exact) mass is 234 g/mol. The van der Waals surface area contributed by atoms with Gasteiger partial charge in [-0.1, -0.05) is 26.7 Å². The summed E-state index contributed by atoms with van der Waals surface area (Å²) in [5.74, 6) is 2.05. The topological polar surface area (TPSA) is 55.0 Å². The van der Waals surface area contributed by atoms with Crippen LogP contribution in [0.1, 0.15) is 51.0 Å². The van der Waals surface area contributed by atoms with Gasteiger partial charge in [0, 0.05) is 18.7 Å². The van der Waals surface area contributed by atoms with E-state index in [1.165, 1.54) is 25.7 Å². The second kappa shape index (κ2) is 5.34. The van der Waals surface area contributed by atoms with Crippen molar-refractivity contribution in [2.75, 3.05) is 23.7 Å². The van der Waals surface area contributed by atoms with Gasteiger partial charge in [0.1, 0.15) is 18.0 Å². The van der Waals surface area contributed by atoms with Crippen LogP contribution < -0.4 is 10.6 Å². The molecule has 0 aromatic carbocycles. The number of aromatic nitrogens is 2. The number of nitrogens with two attached hydrogens (primary N) is 1. The fourth-order valence-corrected chi connectivity index (χ4v) is 2.49. The third kappa shape index (κ3) is 2.68. The number of hydrogen-bond acceptors (Lipinski definition) is 4. The van der Waals surface area contributed by atoms with Crippen LogP contribution in [0.3, 0.4) is 0 Å². The molecule has 1 fully saturated rings. The smallest absolute Gasteiger partial charge is 0.137 e. The lowest BCUT2D eigenvalue weighted by atomic mass is 10.0. The molecule has 17 heavy (non-hydrogen) atoms. The summed E-state index contributed by atoms with van der Waals surface area (Å²) in [6.07, 6.45) is 6.74. The highest BCUT2D eigenvalue weighted by Crippen LogP contribution is 2.30. The standard InChI is InChI=1S/C13H22N4/c1-10(2)11-12(14)15-9-16-13(11)17-7-5-3-4-6-8-17/h9-10H,3-8H2,1-2H3,(H2,14,15,16). The molecule has 4 heteroatoms. The minimum Gasteiger partial charge on any atom is -0.383 e. The summed E-state index contributed by atoms with van der Waals surface area (Å²) >= 11 is 0. The van der Waals surface area contributed by atoms with Gasteiger partial charge in [-0.2, -0.15) is 0 Å². The van der Waals surface area contributed by atoms with Crippen molar-refractivity contribution in [2.24, 2.45) is 0 Å². The molecule has 1 saturated heterocycles. The Morgan fingerprint density at radius 3 is 2.35 bits per heavy atom. The molecule has 0 spiro atoms. The number of hydrogen-bond donors (Lipinski definition) is 1. The van der Waals surface area contributed by atoms with Gasteiger partial charge in [-0.05, 0) is 18.8 Å². The van der Waals surface area contributed by atoms with Crippen LogP contribution in [0.25, 0.3) is 0 Å². The first kappa shape index (κ1) is 12.1. The van der Waals surface area contributed by atoms with Gasteiger partial charge in [-0.25, -0.2) is 9.97 Å². The van der Waals surface area contributed by atoms with Crippen LogP contribution in [-0.4, -0.2) is 23.1 Å². The van der Waals surface area contributed by atoms with Crippen molar-refractivity contribution >= 4 is 11.6 Å². The van der Waals surface area contributed by atoms with Gasteiger partial charge in [-0.15, -0.1) is 0 Å². The fourth-order valence-electron chi connectivity index (χ4n) is 2.49. The normalized spacial score (nSPS) is 17.2. The molecule has 0 unspecified atom stereocenters. The van der Waals surface area contributed by atoms with Gasteiger partial charge in [0.2, 0.25) is 0 Å². The molecule has 0 radical (unpaired) electrons. The summed E-state index contributed by atoms with van der Waals surface area (Å²) in [4.78, 5) is 11.0. The Bertz CT molecular complexity index is 368. The van der Waals surface area contributed by atoms with E-state index in [0.717, 1.165) is 24.5 Å². The molecule has 0 atom stereocenters. The maximum Gasteiger partial charge on any atom is 0.137 e. The molecule has 4 nitrogen and oxygen atoms in total. The third-order valence-electron chi connectivity index (χ3n) is 3.38. The zero-order valence-corrected chi connectivity index (χ0v) is 10.8. The maximum absolute atomic E-state index is 5.99. The van der Waals surface area contributed by atoms with Crippen molar-refractivity contribution in [1.29, 1.82) is 0 Å². The quantitative estimate of drug-likeness (QED) is 0.854. The Hall–Kier alpha value is -1.32. The summed E-state index contributed by atoms with van der Waals surface area (Å²) in [6, 6.07) is 0. The van der Waals surface area contributed by atoms with Gasteiger partial charge in [0.15, 0.2) is 0 Å². The first-order chi connectivity index (χ1) is 8.20. The van der Waals surface area contributed by atoms with E-state index in [9.17, 15) is 0 Å². The van der Waals surface area contributed by atoms with E-state index >= 15 is 0 Å².